The number of aliphatic hydroxyl groups excluding tert-OH is 1. The molecule has 3 atom stereocenters. The van der Waals surface area contributed by atoms with Crippen LogP contribution in [0.5, 0.6) is 0 Å². The van der Waals surface area contributed by atoms with Gasteiger partial charge < -0.3 is 15.3 Å². The summed E-state index contributed by atoms with van der Waals surface area (Å²) in [5.74, 6) is 0.647. The molecule has 7 nitrogen and oxygen atoms in total. The summed E-state index contributed by atoms with van der Waals surface area (Å²) in [7, 11) is 0. The minimum atomic E-state index is -0.408. The zero-order valence-electron chi connectivity index (χ0n) is 22.4. The van der Waals surface area contributed by atoms with Gasteiger partial charge in [0.05, 0.1) is 19.2 Å². The monoisotopic (exact) mass is 526 g/mol. The molecule has 1 unspecified atom stereocenters. The minimum Gasteiger partial charge on any atom is -0.394 e. The molecule has 39 heavy (non-hydrogen) atoms. The summed E-state index contributed by atoms with van der Waals surface area (Å²) in [6, 6.07) is 23.2. The summed E-state index contributed by atoms with van der Waals surface area (Å²) in [5.41, 5.74) is 3.08. The molecule has 2 aromatic carbocycles. The van der Waals surface area contributed by atoms with E-state index in [4.69, 9.17) is 0 Å². The highest BCUT2D eigenvalue weighted by Gasteiger charge is 2.33. The van der Waals surface area contributed by atoms with Crippen molar-refractivity contribution in [2.75, 3.05) is 24.6 Å². The summed E-state index contributed by atoms with van der Waals surface area (Å²) < 4.78 is 0. The van der Waals surface area contributed by atoms with Gasteiger partial charge in [0.1, 0.15) is 5.82 Å². The largest absolute Gasteiger partial charge is 0.394 e. The fourth-order valence-corrected chi connectivity index (χ4v) is 5.93. The van der Waals surface area contributed by atoms with Crippen LogP contribution in [0.2, 0.25) is 0 Å². The lowest BCUT2D eigenvalue weighted by Gasteiger charge is -2.32. The van der Waals surface area contributed by atoms with Crippen LogP contribution in [0.15, 0.2) is 79.0 Å². The Morgan fingerprint density at radius 1 is 0.923 bits per heavy atom. The number of rotatable bonds is 8. The van der Waals surface area contributed by atoms with E-state index in [2.05, 4.69) is 34.6 Å². The number of nitrogens with zero attached hydrogens (tertiary/aromatic N) is 3. The third-order valence-corrected chi connectivity index (χ3v) is 8.09. The zero-order valence-corrected chi connectivity index (χ0v) is 22.4. The van der Waals surface area contributed by atoms with Crippen molar-refractivity contribution in [2.45, 2.75) is 57.0 Å². The van der Waals surface area contributed by atoms with E-state index < -0.39 is 6.04 Å². The van der Waals surface area contributed by atoms with Gasteiger partial charge in [0, 0.05) is 25.2 Å². The van der Waals surface area contributed by atoms with Crippen molar-refractivity contribution in [3.8, 4) is 0 Å². The standard InChI is InChI=1S/C32H38N4O3/c37-23-29(26-10-2-1-3-11-26)34-31(38)28-13-5-4-12-27(28)25-17-15-24(16-18-25)22-36(30-14-6-7-19-33-30)32(39)35-20-8-9-21-35/h1-3,6-7,10-11,14-19,27-29,37H,4-5,8-9,12-13,20-23H2,(H,34,38)/t27-,28+,29?/m1/s1. The number of urea groups is 1. The van der Waals surface area contributed by atoms with Crippen LogP contribution in [0, 0.1) is 5.92 Å². The Morgan fingerprint density at radius 2 is 1.64 bits per heavy atom. The Kier molecular flexibility index (Phi) is 8.89. The van der Waals surface area contributed by atoms with Crippen molar-refractivity contribution in [3.63, 3.8) is 0 Å². The van der Waals surface area contributed by atoms with Crippen LogP contribution < -0.4 is 10.2 Å². The number of benzene rings is 2. The second kappa shape index (κ2) is 12.9. The van der Waals surface area contributed by atoms with Gasteiger partial charge in [0.2, 0.25) is 5.91 Å². The Labute approximate surface area is 230 Å². The van der Waals surface area contributed by atoms with E-state index in [9.17, 15) is 14.7 Å². The van der Waals surface area contributed by atoms with Crippen LogP contribution in [-0.4, -0.2) is 46.6 Å². The maximum Gasteiger partial charge on any atom is 0.325 e. The first-order valence-electron chi connectivity index (χ1n) is 14.2. The molecule has 5 rings (SSSR count). The molecule has 2 N–H and O–H groups in total. The highest BCUT2D eigenvalue weighted by Crippen LogP contribution is 2.38. The lowest BCUT2D eigenvalue weighted by Crippen LogP contribution is -2.42. The molecular weight excluding hydrogens is 488 g/mol. The van der Waals surface area contributed by atoms with E-state index in [0.717, 1.165) is 68.3 Å². The van der Waals surface area contributed by atoms with E-state index in [1.54, 1.807) is 11.1 Å². The van der Waals surface area contributed by atoms with Crippen molar-refractivity contribution < 1.29 is 14.7 Å². The van der Waals surface area contributed by atoms with Crippen LogP contribution in [0.4, 0.5) is 10.6 Å². The number of hydrogen-bond donors (Lipinski definition) is 2. The van der Waals surface area contributed by atoms with E-state index in [-0.39, 0.29) is 30.4 Å². The van der Waals surface area contributed by atoms with Gasteiger partial charge in [-0.3, -0.25) is 9.69 Å². The quantitative estimate of drug-likeness (QED) is 0.410. The highest BCUT2D eigenvalue weighted by atomic mass is 16.3. The predicted molar refractivity (Wildman–Crippen MR) is 152 cm³/mol. The summed E-state index contributed by atoms with van der Waals surface area (Å²) >= 11 is 0. The molecule has 1 aliphatic carbocycles. The number of likely N-dealkylation sites (tertiary alicyclic amines) is 1. The Balaban J connectivity index is 1.30. The van der Waals surface area contributed by atoms with E-state index in [1.165, 1.54) is 0 Å². The van der Waals surface area contributed by atoms with Gasteiger partial charge in [-0.1, -0.05) is 73.5 Å². The number of carbonyl (C=O) groups excluding carboxylic acids is 2. The summed E-state index contributed by atoms with van der Waals surface area (Å²) in [4.78, 5) is 34.9. The predicted octanol–water partition coefficient (Wildman–Crippen LogP) is 5.43. The molecule has 3 aromatic rings. The fourth-order valence-electron chi connectivity index (χ4n) is 5.93. The Bertz CT molecular complexity index is 1210. The molecule has 1 saturated heterocycles. The van der Waals surface area contributed by atoms with Crippen LogP contribution in [0.3, 0.4) is 0 Å². The van der Waals surface area contributed by atoms with E-state index in [1.807, 2.05) is 53.4 Å². The van der Waals surface area contributed by atoms with Crippen LogP contribution in [0.25, 0.3) is 0 Å². The summed E-state index contributed by atoms with van der Waals surface area (Å²) in [6.45, 7) is 1.88. The zero-order chi connectivity index (χ0) is 27.0. The Hall–Kier alpha value is -3.71. The van der Waals surface area contributed by atoms with Gasteiger partial charge in [-0.25, -0.2) is 9.78 Å². The summed E-state index contributed by atoms with van der Waals surface area (Å²) in [6.07, 6.45) is 7.71. The second-order valence-corrected chi connectivity index (χ2v) is 10.6. The van der Waals surface area contributed by atoms with Gasteiger partial charge in [-0.05, 0) is 60.4 Å². The fraction of sp³-hybridized carbons (Fsp3) is 0.406. The first-order valence-corrected chi connectivity index (χ1v) is 14.2. The molecule has 1 aromatic heterocycles. The molecule has 204 valence electrons. The molecular formula is C32H38N4O3. The minimum absolute atomic E-state index is 0.00357. The van der Waals surface area contributed by atoms with Crippen molar-refractivity contribution in [1.29, 1.82) is 0 Å². The SMILES string of the molecule is O=C(NC(CO)c1ccccc1)[C@H]1CCCC[C@@H]1c1ccc(CN(C(=O)N2CCCC2)c2ccccn2)cc1. The highest BCUT2D eigenvalue weighted by molar-refractivity contribution is 5.91. The first-order chi connectivity index (χ1) is 19.1. The molecule has 0 spiro atoms. The lowest BCUT2D eigenvalue weighted by molar-refractivity contribution is -0.127. The number of aliphatic hydroxyl groups is 1. The average Bonchev–Trinajstić information content (AvgIpc) is 3.55. The normalized spacial score (nSPS) is 19.9. The van der Waals surface area contributed by atoms with E-state index >= 15 is 0 Å². The Morgan fingerprint density at radius 3 is 2.33 bits per heavy atom. The molecule has 2 heterocycles. The number of amides is 3. The second-order valence-electron chi connectivity index (χ2n) is 10.6. The molecule has 3 amide bonds. The van der Waals surface area contributed by atoms with E-state index in [0.29, 0.717) is 12.4 Å². The first kappa shape index (κ1) is 26.9. The molecule has 1 aliphatic heterocycles. The molecule has 2 fully saturated rings. The molecule has 1 saturated carbocycles. The molecule has 7 heteroatoms. The van der Waals surface area contributed by atoms with Crippen molar-refractivity contribution in [1.82, 2.24) is 15.2 Å². The number of pyridine rings is 1. The van der Waals surface area contributed by atoms with Gasteiger partial charge in [-0.15, -0.1) is 0 Å². The summed E-state index contributed by atoms with van der Waals surface area (Å²) in [5, 5.41) is 13.1. The number of carbonyl (C=O) groups is 2. The third kappa shape index (κ3) is 6.48. The van der Waals surface area contributed by atoms with Gasteiger partial charge in [0.25, 0.3) is 0 Å². The van der Waals surface area contributed by atoms with Crippen LogP contribution >= 0.6 is 0 Å². The lowest BCUT2D eigenvalue weighted by atomic mass is 9.74. The third-order valence-electron chi connectivity index (χ3n) is 8.09. The molecule has 0 radical (unpaired) electrons. The number of nitrogens with one attached hydrogen (secondary N) is 1. The van der Waals surface area contributed by atoms with Gasteiger partial charge in [-0.2, -0.15) is 0 Å². The maximum absolute atomic E-state index is 13.4. The van der Waals surface area contributed by atoms with Crippen molar-refractivity contribution in [2.24, 2.45) is 5.92 Å². The number of hydrogen-bond acceptors (Lipinski definition) is 4. The molecule has 2 aliphatic rings. The molecule has 0 bridgehead atoms. The smallest absolute Gasteiger partial charge is 0.325 e. The van der Waals surface area contributed by atoms with Crippen LogP contribution in [-0.2, 0) is 11.3 Å². The van der Waals surface area contributed by atoms with Crippen molar-refractivity contribution in [3.05, 3.63) is 95.7 Å². The number of aromatic nitrogens is 1. The number of anilines is 1. The average molecular weight is 527 g/mol. The topological polar surface area (TPSA) is 85.8 Å². The van der Waals surface area contributed by atoms with Crippen LogP contribution in [0.1, 0.15) is 67.2 Å². The van der Waals surface area contributed by atoms with Crippen molar-refractivity contribution >= 4 is 17.8 Å². The van der Waals surface area contributed by atoms with Gasteiger partial charge in [0.15, 0.2) is 0 Å². The maximum atomic E-state index is 13.4. The van der Waals surface area contributed by atoms with Gasteiger partial charge >= 0.3 is 6.03 Å².